The Labute approximate surface area is 72.6 Å². The van der Waals surface area contributed by atoms with Crippen LogP contribution in [0.1, 0.15) is 0 Å². The van der Waals surface area contributed by atoms with Gasteiger partial charge >= 0.3 is 0 Å². The Hall–Kier alpha value is -0.800. The lowest BCUT2D eigenvalue weighted by Crippen LogP contribution is -1.87. The van der Waals surface area contributed by atoms with Crippen LogP contribution in [0, 0.1) is 0 Å². The number of aromatic nitrogens is 3. The number of rotatable bonds is 0. The third kappa shape index (κ3) is 1.06. The van der Waals surface area contributed by atoms with Gasteiger partial charge in [-0.2, -0.15) is 0 Å². The molecule has 2 heterocycles. The van der Waals surface area contributed by atoms with Crippen molar-refractivity contribution in [2.75, 3.05) is 0 Å². The quantitative estimate of drug-likeness (QED) is 0.633. The largest absolute Gasteiger partial charge is 0.301 e. The minimum atomic E-state index is 0.322. The molecule has 0 saturated carbocycles. The molecule has 0 aromatic carbocycles. The molecule has 0 amide bonds. The van der Waals surface area contributed by atoms with Crippen molar-refractivity contribution in [2.45, 2.75) is 0 Å². The SMILES string of the molecule is Clc1cn2ccnc2c(Cl)n1. The van der Waals surface area contributed by atoms with Gasteiger partial charge in [0.25, 0.3) is 0 Å². The highest BCUT2D eigenvalue weighted by Crippen LogP contribution is 2.15. The van der Waals surface area contributed by atoms with Crippen LogP contribution in [-0.2, 0) is 0 Å². The van der Waals surface area contributed by atoms with Gasteiger partial charge in [-0.25, -0.2) is 9.97 Å². The van der Waals surface area contributed by atoms with Gasteiger partial charge in [0.2, 0.25) is 0 Å². The number of halogens is 2. The van der Waals surface area contributed by atoms with Gasteiger partial charge in [-0.05, 0) is 0 Å². The Balaban J connectivity index is 2.91. The number of imidazole rings is 1. The third-order valence-corrected chi connectivity index (χ3v) is 1.74. The Bertz CT molecular complexity index is 396. The van der Waals surface area contributed by atoms with Gasteiger partial charge in [-0.3, -0.25) is 0 Å². The lowest BCUT2D eigenvalue weighted by atomic mass is 10.7. The van der Waals surface area contributed by atoms with Crippen LogP contribution in [-0.4, -0.2) is 14.4 Å². The molecule has 56 valence electrons. The minimum Gasteiger partial charge on any atom is -0.301 e. The highest BCUT2D eigenvalue weighted by atomic mass is 35.5. The summed E-state index contributed by atoms with van der Waals surface area (Å²) >= 11 is 11.4. The summed E-state index contributed by atoms with van der Waals surface area (Å²) in [5, 5.41) is 0.683. The lowest BCUT2D eigenvalue weighted by molar-refractivity contribution is 1.13. The summed E-state index contributed by atoms with van der Waals surface area (Å²) in [6.45, 7) is 0. The second kappa shape index (κ2) is 2.36. The van der Waals surface area contributed by atoms with Crippen LogP contribution >= 0.6 is 23.2 Å². The first kappa shape index (κ1) is 6.88. The molecule has 0 spiro atoms. The van der Waals surface area contributed by atoms with Crippen molar-refractivity contribution in [3.05, 3.63) is 28.9 Å². The maximum absolute atomic E-state index is 5.72. The van der Waals surface area contributed by atoms with Gasteiger partial charge in [0, 0.05) is 18.6 Å². The number of nitrogens with zero attached hydrogens (tertiary/aromatic N) is 3. The second-order valence-electron chi connectivity index (χ2n) is 2.01. The van der Waals surface area contributed by atoms with E-state index >= 15 is 0 Å². The molecule has 0 atom stereocenters. The fourth-order valence-electron chi connectivity index (χ4n) is 0.864. The number of hydrogen-bond acceptors (Lipinski definition) is 2. The van der Waals surface area contributed by atoms with Crippen LogP contribution < -0.4 is 0 Å². The van der Waals surface area contributed by atoms with E-state index in [0.29, 0.717) is 16.0 Å². The van der Waals surface area contributed by atoms with Crippen LogP contribution in [0.2, 0.25) is 10.3 Å². The lowest BCUT2D eigenvalue weighted by Gasteiger charge is -1.94. The molecule has 2 aromatic rings. The molecular formula is C6H3Cl2N3. The van der Waals surface area contributed by atoms with Crippen LogP contribution in [0.25, 0.3) is 5.65 Å². The maximum atomic E-state index is 5.72. The first-order valence-corrected chi connectivity index (χ1v) is 3.67. The number of fused-ring (bicyclic) bond motifs is 1. The molecule has 0 aliphatic heterocycles. The molecule has 0 aliphatic carbocycles. The Morgan fingerprint density at radius 3 is 3.00 bits per heavy atom. The fourth-order valence-corrected chi connectivity index (χ4v) is 1.33. The molecular weight excluding hydrogens is 185 g/mol. The summed E-state index contributed by atoms with van der Waals surface area (Å²) in [7, 11) is 0. The van der Waals surface area contributed by atoms with Crippen molar-refractivity contribution in [3.63, 3.8) is 0 Å². The van der Waals surface area contributed by atoms with Crippen LogP contribution in [0.15, 0.2) is 18.6 Å². The van der Waals surface area contributed by atoms with E-state index in [0.717, 1.165) is 0 Å². The van der Waals surface area contributed by atoms with Crippen molar-refractivity contribution in [1.82, 2.24) is 14.4 Å². The van der Waals surface area contributed by atoms with E-state index < -0.39 is 0 Å². The van der Waals surface area contributed by atoms with Gasteiger partial charge in [-0.15, -0.1) is 0 Å². The summed E-state index contributed by atoms with van der Waals surface area (Å²) in [4.78, 5) is 7.79. The molecule has 0 aliphatic rings. The van der Waals surface area contributed by atoms with Crippen molar-refractivity contribution < 1.29 is 0 Å². The predicted octanol–water partition coefficient (Wildman–Crippen LogP) is 2.04. The van der Waals surface area contributed by atoms with Crippen molar-refractivity contribution in [3.8, 4) is 0 Å². The van der Waals surface area contributed by atoms with Crippen molar-refractivity contribution in [2.24, 2.45) is 0 Å². The molecule has 0 fully saturated rings. The van der Waals surface area contributed by atoms with Gasteiger partial charge in [0.05, 0.1) is 0 Å². The van der Waals surface area contributed by atoms with Crippen LogP contribution in [0.4, 0.5) is 0 Å². The van der Waals surface area contributed by atoms with E-state index in [-0.39, 0.29) is 0 Å². The van der Waals surface area contributed by atoms with E-state index in [9.17, 15) is 0 Å². The van der Waals surface area contributed by atoms with Crippen molar-refractivity contribution >= 4 is 28.8 Å². The standard InChI is InChI=1S/C6H3Cl2N3/c7-4-3-11-2-1-9-6(11)5(8)10-4/h1-3H. The van der Waals surface area contributed by atoms with Crippen LogP contribution in [0.5, 0.6) is 0 Å². The molecule has 0 saturated heterocycles. The summed E-state index contributed by atoms with van der Waals surface area (Å²) < 4.78 is 1.72. The van der Waals surface area contributed by atoms with E-state index in [1.54, 1.807) is 23.0 Å². The summed E-state index contributed by atoms with van der Waals surface area (Å²) in [6, 6.07) is 0. The highest BCUT2D eigenvalue weighted by Gasteiger charge is 2.01. The molecule has 0 radical (unpaired) electrons. The normalized spacial score (nSPS) is 10.7. The number of hydrogen-bond donors (Lipinski definition) is 0. The molecule has 2 aromatic heterocycles. The zero-order valence-electron chi connectivity index (χ0n) is 5.33. The second-order valence-corrected chi connectivity index (χ2v) is 2.76. The van der Waals surface area contributed by atoms with Gasteiger partial charge < -0.3 is 4.40 Å². The van der Waals surface area contributed by atoms with Gasteiger partial charge in [0.15, 0.2) is 10.8 Å². The first-order valence-electron chi connectivity index (χ1n) is 2.92. The molecule has 0 bridgehead atoms. The topological polar surface area (TPSA) is 30.2 Å². The van der Waals surface area contributed by atoms with E-state index in [1.165, 1.54) is 0 Å². The monoisotopic (exact) mass is 187 g/mol. The third-order valence-electron chi connectivity index (χ3n) is 1.30. The average molecular weight is 188 g/mol. The van der Waals surface area contributed by atoms with Gasteiger partial charge in [-0.1, -0.05) is 23.2 Å². The molecule has 3 nitrogen and oxygen atoms in total. The molecule has 0 unspecified atom stereocenters. The first-order chi connectivity index (χ1) is 5.27. The Kier molecular flexibility index (Phi) is 1.47. The van der Waals surface area contributed by atoms with E-state index in [1.807, 2.05) is 0 Å². The van der Waals surface area contributed by atoms with Crippen molar-refractivity contribution in [1.29, 1.82) is 0 Å². The Morgan fingerprint density at radius 2 is 2.18 bits per heavy atom. The predicted molar refractivity (Wildman–Crippen MR) is 43.0 cm³/mol. The summed E-state index contributed by atoms with van der Waals surface area (Å²) in [5.74, 6) is 0. The van der Waals surface area contributed by atoms with Gasteiger partial charge in [0.1, 0.15) is 5.15 Å². The van der Waals surface area contributed by atoms with E-state index in [2.05, 4.69) is 9.97 Å². The molecule has 0 N–H and O–H groups in total. The maximum Gasteiger partial charge on any atom is 0.174 e. The molecule has 11 heavy (non-hydrogen) atoms. The summed E-state index contributed by atoms with van der Waals surface area (Å²) in [6.07, 6.45) is 5.05. The van der Waals surface area contributed by atoms with E-state index in [4.69, 9.17) is 23.2 Å². The zero-order chi connectivity index (χ0) is 7.84. The zero-order valence-corrected chi connectivity index (χ0v) is 6.84. The fraction of sp³-hybridized carbons (Fsp3) is 0. The molecule has 2 rings (SSSR count). The average Bonchev–Trinajstić information content (AvgIpc) is 2.34. The molecule has 5 heteroatoms. The van der Waals surface area contributed by atoms with Crippen LogP contribution in [0.3, 0.4) is 0 Å². The highest BCUT2D eigenvalue weighted by molar-refractivity contribution is 6.34. The smallest absolute Gasteiger partial charge is 0.174 e. The minimum absolute atomic E-state index is 0.322. The Morgan fingerprint density at radius 1 is 1.36 bits per heavy atom. The summed E-state index contributed by atoms with van der Waals surface area (Å²) in [5.41, 5.74) is 0.621.